The first kappa shape index (κ1) is 14.5. The molecule has 0 aliphatic heterocycles. The number of hydrogen-bond acceptors (Lipinski definition) is 3. The molecule has 1 saturated carbocycles. The first-order chi connectivity index (χ1) is 10.1. The molecule has 112 valence electrons. The van der Waals surface area contributed by atoms with Gasteiger partial charge in [0.2, 0.25) is 0 Å². The second kappa shape index (κ2) is 6.12. The monoisotopic (exact) mass is 284 g/mol. The van der Waals surface area contributed by atoms with Crippen LogP contribution in [0.15, 0.2) is 36.7 Å². The summed E-state index contributed by atoms with van der Waals surface area (Å²) < 4.78 is 0. The molecule has 1 aromatic carbocycles. The van der Waals surface area contributed by atoms with E-state index >= 15 is 0 Å². The van der Waals surface area contributed by atoms with Crippen molar-refractivity contribution in [2.45, 2.75) is 44.8 Å². The fraction of sp³-hybridized carbons (Fsp3) is 0.500. The Balaban J connectivity index is 1.59. The molecule has 1 aromatic heterocycles. The Morgan fingerprint density at radius 2 is 2.24 bits per heavy atom. The lowest BCUT2D eigenvalue weighted by atomic mass is 9.79. The van der Waals surface area contributed by atoms with Gasteiger partial charge in [-0.15, -0.1) is 0 Å². The summed E-state index contributed by atoms with van der Waals surface area (Å²) in [6.07, 6.45) is 7.95. The largest absolute Gasteiger partial charge is 0.389 e. The summed E-state index contributed by atoms with van der Waals surface area (Å²) in [5, 5.41) is 16.4. The van der Waals surface area contributed by atoms with Crippen molar-refractivity contribution < 1.29 is 5.11 Å². The number of benzene rings is 1. The van der Waals surface area contributed by atoms with Crippen molar-refractivity contribution in [1.82, 2.24) is 10.3 Å². The minimum absolute atomic E-state index is 0.515. The molecule has 0 bridgehead atoms. The third kappa shape index (κ3) is 3.60. The van der Waals surface area contributed by atoms with Gasteiger partial charge in [-0.25, -0.2) is 0 Å². The Bertz CT molecular complexity index is 613. The highest BCUT2D eigenvalue weighted by Gasteiger charge is 2.31. The van der Waals surface area contributed by atoms with Gasteiger partial charge in [0.15, 0.2) is 0 Å². The zero-order valence-corrected chi connectivity index (χ0v) is 12.7. The van der Waals surface area contributed by atoms with E-state index in [2.05, 4.69) is 35.4 Å². The van der Waals surface area contributed by atoms with E-state index in [1.54, 1.807) is 0 Å². The van der Waals surface area contributed by atoms with Crippen LogP contribution >= 0.6 is 0 Å². The molecule has 0 saturated heterocycles. The number of nitrogens with zero attached hydrogens (tertiary/aromatic N) is 1. The normalized spacial score (nSPS) is 26.1. The molecule has 21 heavy (non-hydrogen) atoms. The van der Waals surface area contributed by atoms with E-state index in [0.717, 1.165) is 25.8 Å². The van der Waals surface area contributed by atoms with Crippen LogP contribution in [0.25, 0.3) is 10.8 Å². The molecular formula is C18H24N2O. The summed E-state index contributed by atoms with van der Waals surface area (Å²) in [6, 6.07) is 8.47. The Kier molecular flexibility index (Phi) is 4.22. The highest BCUT2D eigenvalue weighted by molar-refractivity contribution is 5.81. The summed E-state index contributed by atoms with van der Waals surface area (Å²) in [6.45, 7) is 3.72. The van der Waals surface area contributed by atoms with Crippen molar-refractivity contribution in [3.05, 3.63) is 42.2 Å². The van der Waals surface area contributed by atoms with Crippen LogP contribution in [0.1, 0.15) is 38.2 Å². The third-order valence-corrected chi connectivity index (χ3v) is 4.56. The van der Waals surface area contributed by atoms with Crippen molar-refractivity contribution in [2.24, 2.45) is 5.92 Å². The number of aliphatic hydroxyl groups is 1. The number of fused-ring (bicyclic) bond motifs is 1. The predicted octanol–water partition coefficient (Wildman–Crippen LogP) is 3.27. The maximum atomic E-state index is 10.6. The van der Waals surface area contributed by atoms with E-state index in [1.807, 2.05) is 18.5 Å². The Hall–Kier alpha value is -1.45. The van der Waals surface area contributed by atoms with Crippen LogP contribution in [0.4, 0.5) is 0 Å². The lowest BCUT2D eigenvalue weighted by Crippen LogP contribution is -2.43. The number of aromatic nitrogens is 1. The topological polar surface area (TPSA) is 45.1 Å². The van der Waals surface area contributed by atoms with Crippen LogP contribution < -0.4 is 5.32 Å². The second-order valence-corrected chi connectivity index (χ2v) is 6.59. The summed E-state index contributed by atoms with van der Waals surface area (Å²) >= 11 is 0. The summed E-state index contributed by atoms with van der Waals surface area (Å²) in [4.78, 5) is 4.13. The van der Waals surface area contributed by atoms with Crippen molar-refractivity contribution in [1.29, 1.82) is 0 Å². The number of hydrogen-bond donors (Lipinski definition) is 2. The fourth-order valence-corrected chi connectivity index (χ4v) is 3.48. The maximum absolute atomic E-state index is 10.6. The lowest BCUT2D eigenvalue weighted by Gasteiger charge is -2.35. The summed E-state index contributed by atoms with van der Waals surface area (Å²) in [5.41, 5.74) is 0.736. The Morgan fingerprint density at radius 1 is 1.33 bits per heavy atom. The molecule has 0 amide bonds. The van der Waals surface area contributed by atoms with Crippen molar-refractivity contribution in [3.8, 4) is 0 Å². The number of nitrogens with one attached hydrogen (secondary N) is 1. The molecule has 3 heteroatoms. The molecule has 1 aliphatic carbocycles. The second-order valence-electron chi connectivity index (χ2n) is 6.59. The summed E-state index contributed by atoms with van der Waals surface area (Å²) in [7, 11) is 0. The maximum Gasteiger partial charge on any atom is 0.0774 e. The smallest absolute Gasteiger partial charge is 0.0774 e. The molecule has 2 N–H and O–H groups in total. The fourth-order valence-electron chi connectivity index (χ4n) is 3.48. The molecule has 3 nitrogen and oxygen atoms in total. The molecule has 2 unspecified atom stereocenters. The molecule has 1 aliphatic rings. The number of pyridine rings is 1. The van der Waals surface area contributed by atoms with Crippen molar-refractivity contribution in [3.63, 3.8) is 0 Å². The van der Waals surface area contributed by atoms with E-state index in [9.17, 15) is 5.11 Å². The van der Waals surface area contributed by atoms with Gasteiger partial charge in [0.25, 0.3) is 0 Å². The third-order valence-electron chi connectivity index (χ3n) is 4.56. The van der Waals surface area contributed by atoms with Crippen LogP contribution in [-0.2, 0) is 6.54 Å². The van der Waals surface area contributed by atoms with E-state index < -0.39 is 5.60 Å². The van der Waals surface area contributed by atoms with Gasteiger partial charge < -0.3 is 10.4 Å². The molecule has 0 spiro atoms. The Morgan fingerprint density at radius 3 is 3.10 bits per heavy atom. The van der Waals surface area contributed by atoms with E-state index in [1.165, 1.54) is 22.8 Å². The molecule has 3 rings (SSSR count). The molecule has 0 radical (unpaired) electrons. The van der Waals surface area contributed by atoms with Gasteiger partial charge in [-0.2, -0.15) is 0 Å². The first-order valence-electron chi connectivity index (χ1n) is 7.90. The minimum Gasteiger partial charge on any atom is -0.389 e. The standard InChI is InChI=1S/C18H24N2O/c1-14-3-2-7-18(21,10-14)13-20-11-15-4-5-17-12-19-8-6-16(17)9-15/h4-6,8-9,12,14,20-21H,2-3,7,10-11,13H2,1H3. The van der Waals surface area contributed by atoms with Gasteiger partial charge in [-0.1, -0.05) is 31.9 Å². The minimum atomic E-state index is -0.515. The molecule has 1 heterocycles. The van der Waals surface area contributed by atoms with E-state index in [0.29, 0.717) is 12.5 Å². The first-order valence-corrected chi connectivity index (χ1v) is 7.90. The van der Waals surface area contributed by atoms with Gasteiger partial charge >= 0.3 is 0 Å². The van der Waals surface area contributed by atoms with Crippen LogP contribution in [0.2, 0.25) is 0 Å². The van der Waals surface area contributed by atoms with Crippen molar-refractivity contribution in [2.75, 3.05) is 6.54 Å². The van der Waals surface area contributed by atoms with Crippen LogP contribution in [0.5, 0.6) is 0 Å². The average Bonchev–Trinajstić information content (AvgIpc) is 2.47. The predicted molar refractivity (Wildman–Crippen MR) is 86.0 cm³/mol. The van der Waals surface area contributed by atoms with E-state index in [-0.39, 0.29) is 0 Å². The van der Waals surface area contributed by atoms with Crippen LogP contribution in [0, 0.1) is 5.92 Å². The lowest BCUT2D eigenvalue weighted by molar-refractivity contribution is -0.0119. The summed E-state index contributed by atoms with van der Waals surface area (Å²) in [5.74, 6) is 0.638. The molecular weight excluding hydrogens is 260 g/mol. The average molecular weight is 284 g/mol. The SMILES string of the molecule is CC1CCCC(O)(CNCc2ccc3cnccc3c2)C1. The molecule has 1 fully saturated rings. The number of rotatable bonds is 4. The Labute approximate surface area is 126 Å². The van der Waals surface area contributed by atoms with Gasteiger partial charge in [0.05, 0.1) is 5.60 Å². The highest BCUT2D eigenvalue weighted by atomic mass is 16.3. The zero-order valence-electron chi connectivity index (χ0n) is 12.7. The van der Waals surface area contributed by atoms with Crippen LogP contribution in [-0.4, -0.2) is 22.2 Å². The van der Waals surface area contributed by atoms with Crippen molar-refractivity contribution >= 4 is 10.8 Å². The highest BCUT2D eigenvalue weighted by Crippen LogP contribution is 2.31. The zero-order chi connectivity index (χ0) is 14.7. The van der Waals surface area contributed by atoms with Crippen LogP contribution in [0.3, 0.4) is 0 Å². The molecule has 2 atom stereocenters. The van der Waals surface area contributed by atoms with Gasteiger partial charge in [-0.05, 0) is 41.8 Å². The van der Waals surface area contributed by atoms with E-state index in [4.69, 9.17) is 0 Å². The van der Waals surface area contributed by atoms with Gasteiger partial charge in [0, 0.05) is 30.9 Å². The van der Waals surface area contributed by atoms with Gasteiger partial charge in [0.1, 0.15) is 0 Å². The van der Waals surface area contributed by atoms with Gasteiger partial charge in [-0.3, -0.25) is 4.98 Å². The quantitative estimate of drug-likeness (QED) is 0.905. The molecule has 2 aromatic rings.